The van der Waals surface area contributed by atoms with Crippen molar-refractivity contribution < 1.29 is 13.6 Å². The van der Waals surface area contributed by atoms with Crippen LogP contribution in [0, 0.1) is 0 Å². The minimum Gasteiger partial charge on any atom is -0.459 e. The number of likely N-dealkylation sites (tertiary alicyclic amines) is 1. The molecule has 0 N–H and O–H groups in total. The first-order chi connectivity index (χ1) is 10.1. The molecule has 0 aromatic carbocycles. The van der Waals surface area contributed by atoms with E-state index in [-0.39, 0.29) is 17.7 Å². The molecule has 1 aliphatic heterocycles. The summed E-state index contributed by atoms with van der Waals surface area (Å²) in [4.78, 5) is 14.0. The largest absolute Gasteiger partial charge is 0.459 e. The Kier molecular flexibility index (Phi) is 3.77. The van der Waals surface area contributed by atoms with Gasteiger partial charge in [0.1, 0.15) is 0 Å². The highest BCUT2D eigenvalue weighted by molar-refractivity contribution is 5.91. The quantitative estimate of drug-likeness (QED) is 0.868. The molecule has 1 amide bonds. The van der Waals surface area contributed by atoms with Crippen molar-refractivity contribution in [2.24, 2.45) is 0 Å². The lowest BCUT2D eigenvalue weighted by Crippen LogP contribution is -2.37. The number of furan rings is 1. The summed E-state index contributed by atoms with van der Waals surface area (Å²) in [5.41, 5.74) is 0. The van der Waals surface area contributed by atoms with Gasteiger partial charge in [0, 0.05) is 24.9 Å². The van der Waals surface area contributed by atoms with E-state index in [1.807, 2.05) is 18.7 Å². The topological polar surface area (TPSA) is 72.4 Å². The van der Waals surface area contributed by atoms with E-state index in [1.54, 1.807) is 12.1 Å². The fraction of sp³-hybridized carbons (Fsp3) is 0.533. The van der Waals surface area contributed by atoms with Gasteiger partial charge in [0.15, 0.2) is 5.76 Å². The summed E-state index contributed by atoms with van der Waals surface area (Å²) in [7, 11) is 0. The van der Waals surface area contributed by atoms with Gasteiger partial charge in [0.2, 0.25) is 11.8 Å². The van der Waals surface area contributed by atoms with E-state index in [2.05, 4.69) is 10.2 Å². The highest BCUT2D eigenvalue weighted by Crippen LogP contribution is 2.28. The number of hydrogen-bond acceptors (Lipinski definition) is 5. The van der Waals surface area contributed by atoms with Gasteiger partial charge in [-0.05, 0) is 25.0 Å². The van der Waals surface area contributed by atoms with E-state index in [4.69, 9.17) is 8.83 Å². The van der Waals surface area contributed by atoms with Gasteiger partial charge in [0.25, 0.3) is 5.91 Å². The Hall–Kier alpha value is -2.11. The first-order valence-electron chi connectivity index (χ1n) is 7.31. The molecule has 1 saturated heterocycles. The van der Waals surface area contributed by atoms with Gasteiger partial charge in [-0.1, -0.05) is 13.8 Å². The van der Waals surface area contributed by atoms with Crippen LogP contribution in [0.3, 0.4) is 0 Å². The molecule has 0 spiro atoms. The maximum atomic E-state index is 12.2. The Labute approximate surface area is 123 Å². The van der Waals surface area contributed by atoms with Crippen molar-refractivity contribution >= 4 is 5.91 Å². The van der Waals surface area contributed by atoms with Gasteiger partial charge in [-0.15, -0.1) is 10.2 Å². The summed E-state index contributed by atoms with van der Waals surface area (Å²) >= 11 is 0. The number of amides is 1. The van der Waals surface area contributed by atoms with Crippen LogP contribution in [-0.4, -0.2) is 34.1 Å². The van der Waals surface area contributed by atoms with Crippen LogP contribution in [0.15, 0.2) is 27.2 Å². The lowest BCUT2D eigenvalue weighted by atomic mass is 9.96. The predicted molar refractivity (Wildman–Crippen MR) is 75.0 cm³/mol. The zero-order chi connectivity index (χ0) is 14.8. The second-order valence-corrected chi connectivity index (χ2v) is 5.68. The van der Waals surface area contributed by atoms with E-state index >= 15 is 0 Å². The molecule has 1 aliphatic rings. The van der Waals surface area contributed by atoms with Gasteiger partial charge < -0.3 is 13.7 Å². The number of rotatable bonds is 3. The summed E-state index contributed by atoms with van der Waals surface area (Å²) < 4.78 is 10.9. The predicted octanol–water partition coefficient (Wildman–Crippen LogP) is 2.81. The molecule has 0 bridgehead atoms. The maximum Gasteiger partial charge on any atom is 0.289 e. The minimum atomic E-state index is -0.0492. The third kappa shape index (κ3) is 2.84. The van der Waals surface area contributed by atoms with E-state index in [9.17, 15) is 4.79 Å². The Balaban J connectivity index is 1.61. The van der Waals surface area contributed by atoms with E-state index in [0.29, 0.717) is 30.6 Å². The summed E-state index contributed by atoms with van der Waals surface area (Å²) in [6, 6.07) is 3.42. The Bertz CT molecular complexity index is 595. The second kappa shape index (κ2) is 5.71. The number of piperidine rings is 1. The molecular weight excluding hydrogens is 270 g/mol. The first kappa shape index (κ1) is 13.9. The van der Waals surface area contributed by atoms with Crippen LogP contribution in [-0.2, 0) is 0 Å². The van der Waals surface area contributed by atoms with Gasteiger partial charge in [0.05, 0.1) is 6.26 Å². The van der Waals surface area contributed by atoms with E-state index in [0.717, 1.165) is 12.8 Å². The minimum absolute atomic E-state index is 0.0492. The number of carbonyl (C=O) groups excluding carboxylic acids is 1. The van der Waals surface area contributed by atoms with Crippen LogP contribution in [0.2, 0.25) is 0 Å². The average molecular weight is 289 g/mol. The van der Waals surface area contributed by atoms with Crippen molar-refractivity contribution in [1.29, 1.82) is 0 Å². The molecule has 6 nitrogen and oxygen atoms in total. The Morgan fingerprint density at radius 1 is 1.33 bits per heavy atom. The fourth-order valence-electron chi connectivity index (χ4n) is 2.53. The lowest BCUT2D eigenvalue weighted by Gasteiger charge is -2.29. The number of aromatic nitrogens is 2. The molecule has 0 atom stereocenters. The standard InChI is InChI=1S/C15H19N3O3/c1-10(2)13-16-17-14(21-13)11-5-7-18(8-6-11)15(19)12-4-3-9-20-12/h3-4,9-11H,5-8H2,1-2H3. The van der Waals surface area contributed by atoms with Gasteiger partial charge in [-0.3, -0.25) is 4.79 Å². The number of hydrogen-bond donors (Lipinski definition) is 0. The van der Waals surface area contributed by atoms with Crippen molar-refractivity contribution in [3.63, 3.8) is 0 Å². The highest BCUT2D eigenvalue weighted by Gasteiger charge is 2.28. The molecule has 2 aromatic heterocycles. The smallest absolute Gasteiger partial charge is 0.289 e. The molecule has 21 heavy (non-hydrogen) atoms. The van der Waals surface area contributed by atoms with Crippen molar-refractivity contribution in [1.82, 2.24) is 15.1 Å². The van der Waals surface area contributed by atoms with Gasteiger partial charge in [-0.2, -0.15) is 0 Å². The van der Waals surface area contributed by atoms with Crippen LogP contribution in [0.1, 0.15) is 60.9 Å². The first-order valence-corrected chi connectivity index (χ1v) is 7.31. The van der Waals surface area contributed by atoms with Crippen LogP contribution in [0.5, 0.6) is 0 Å². The van der Waals surface area contributed by atoms with Crippen molar-refractivity contribution in [3.05, 3.63) is 35.9 Å². The third-order valence-corrected chi connectivity index (χ3v) is 3.81. The molecule has 0 aliphatic carbocycles. The van der Waals surface area contributed by atoms with Crippen LogP contribution in [0.25, 0.3) is 0 Å². The van der Waals surface area contributed by atoms with Gasteiger partial charge in [-0.25, -0.2) is 0 Å². The summed E-state index contributed by atoms with van der Waals surface area (Å²) in [5.74, 6) is 2.21. The summed E-state index contributed by atoms with van der Waals surface area (Å²) in [6.45, 7) is 5.43. The lowest BCUT2D eigenvalue weighted by molar-refractivity contribution is 0.0674. The van der Waals surface area contributed by atoms with Crippen LogP contribution in [0.4, 0.5) is 0 Å². The van der Waals surface area contributed by atoms with Crippen LogP contribution < -0.4 is 0 Å². The monoisotopic (exact) mass is 289 g/mol. The molecule has 6 heteroatoms. The van der Waals surface area contributed by atoms with Crippen molar-refractivity contribution in [2.75, 3.05) is 13.1 Å². The summed E-state index contributed by atoms with van der Waals surface area (Å²) in [6.07, 6.45) is 3.20. The Morgan fingerprint density at radius 2 is 2.10 bits per heavy atom. The SMILES string of the molecule is CC(C)c1nnc(C2CCN(C(=O)c3ccco3)CC2)o1. The normalized spacial score (nSPS) is 16.6. The molecule has 0 saturated carbocycles. The molecule has 2 aromatic rings. The molecule has 1 fully saturated rings. The molecule has 3 heterocycles. The fourth-order valence-corrected chi connectivity index (χ4v) is 2.53. The van der Waals surface area contributed by atoms with E-state index in [1.165, 1.54) is 6.26 Å². The highest BCUT2D eigenvalue weighted by atomic mass is 16.4. The second-order valence-electron chi connectivity index (χ2n) is 5.68. The molecule has 3 rings (SSSR count). The molecule has 0 unspecified atom stereocenters. The van der Waals surface area contributed by atoms with Crippen molar-refractivity contribution in [2.45, 2.75) is 38.5 Å². The van der Waals surface area contributed by atoms with E-state index < -0.39 is 0 Å². The molecular formula is C15H19N3O3. The third-order valence-electron chi connectivity index (χ3n) is 3.81. The zero-order valence-electron chi connectivity index (χ0n) is 12.3. The summed E-state index contributed by atoms with van der Waals surface area (Å²) in [5, 5.41) is 8.22. The zero-order valence-corrected chi connectivity index (χ0v) is 12.3. The molecule has 112 valence electrons. The molecule has 0 radical (unpaired) electrons. The van der Waals surface area contributed by atoms with Gasteiger partial charge >= 0.3 is 0 Å². The Morgan fingerprint density at radius 3 is 2.67 bits per heavy atom. The van der Waals surface area contributed by atoms with Crippen molar-refractivity contribution in [3.8, 4) is 0 Å². The average Bonchev–Trinajstić information content (AvgIpc) is 3.18. The van der Waals surface area contributed by atoms with Crippen LogP contribution >= 0.6 is 0 Å². The maximum absolute atomic E-state index is 12.2. The number of carbonyl (C=O) groups is 1. The number of nitrogens with zero attached hydrogens (tertiary/aromatic N) is 3.